The van der Waals surface area contributed by atoms with E-state index >= 15 is 4.39 Å². The summed E-state index contributed by atoms with van der Waals surface area (Å²) in [6, 6.07) is 5.05. The predicted molar refractivity (Wildman–Crippen MR) is 180 cm³/mol. The molecule has 1 saturated carbocycles. The van der Waals surface area contributed by atoms with Crippen molar-refractivity contribution in [3.63, 3.8) is 0 Å². The average Bonchev–Trinajstić information content (AvgIpc) is 3.71. The van der Waals surface area contributed by atoms with Crippen LogP contribution in [0.1, 0.15) is 73.5 Å². The number of aromatic nitrogens is 4. The maximum Gasteiger partial charge on any atom is 0.265 e. The van der Waals surface area contributed by atoms with E-state index in [1.165, 1.54) is 18.3 Å². The van der Waals surface area contributed by atoms with E-state index in [0.717, 1.165) is 50.1 Å². The van der Waals surface area contributed by atoms with Gasteiger partial charge in [0.2, 0.25) is 17.7 Å². The molecule has 0 bridgehead atoms. The molecule has 0 radical (unpaired) electrons. The first-order chi connectivity index (χ1) is 23.2. The first-order valence-electron chi connectivity index (χ1n) is 16.6. The van der Waals surface area contributed by atoms with Crippen LogP contribution in [-0.4, -0.2) is 92.1 Å². The van der Waals surface area contributed by atoms with Crippen LogP contribution in [0, 0.1) is 17.7 Å². The van der Waals surface area contributed by atoms with Crippen molar-refractivity contribution in [3.05, 3.63) is 52.9 Å². The minimum atomic E-state index is -1.02. The number of hydrogen-bond acceptors (Lipinski definition) is 9. The lowest BCUT2D eigenvalue weighted by Crippen LogP contribution is -2.55. The Balaban J connectivity index is 1.35. The summed E-state index contributed by atoms with van der Waals surface area (Å²) < 4.78 is 21.1. The topological polar surface area (TPSA) is 154 Å². The summed E-state index contributed by atoms with van der Waals surface area (Å²) in [5.41, 5.74) is 0.397. The van der Waals surface area contributed by atoms with Gasteiger partial charge in [-0.25, -0.2) is 9.07 Å². The molecule has 3 atom stereocenters. The van der Waals surface area contributed by atoms with E-state index in [1.54, 1.807) is 34.8 Å². The zero-order valence-corrected chi connectivity index (χ0v) is 28.5. The molecule has 258 valence electrons. The van der Waals surface area contributed by atoms with Crippen LogP contribution in [0.25, 0.3) is 0 Å². The van der Waals surface area contributed by atoms with Crippen molar-refractivity contribution >= 4 is 46.7 Å². The lowest BCUT2D eigenvalue weighted by atomic mass is 9.84. The van der Waals surface area contributed by atoms with Gasteiger partial charge in [-0.3, -0.25) is 19.2 Å². The first kappa shape index (κ1) is 35.1. The van der Waals surface area contributed by atoms with E-state index in [-0.39, 0.29) is 22.4 Å². The fourth-order valence-corrected chi connectivity index (χ4v) is 6.93. The Morgan fingerprint density at radius 3 is 2.35 bits per heavy atom. The van der Waals surface area contributed by atoms with Gasteiger partial charge in [-0.15, -0.1) is 5.10 Å². The van der Waals surface area contributed by atoms with Crippen molar-refractivity contribution in [1.29, 1.82) is 0 Å². The van der Waals surface area contributed by atoms with Gasteiger partial charge in [-0.05, 0) is 62.0 Å². The van der Waals surface area contributed by atoms with Crippen LogP contribution in [0.4, 0.5) is 15.9 Å². The van der Waals surface area contributed by atoms with Gasteiger partial charge < -0.3 is 25.8 Å². The largest absolute Gasteiger partial charge is 0.339 e. The molecule has 4 amide bonds. The SMILES string of the molecule is CCn1nccc1NC(=O)[C@H](C(=O)Nc1ccc([C@H](C)[C@@H](NC(=O)c2cnns2)C(=O)N2CCN(C)CC2)cc1F)C1CCCCCC1. The van der Waals surface area contributed by atoms with Crippen molar-refractivity contribution in [2.24, 2.45) is 11.8 Å². The molecule has 1 aromatic carbocycles. The number of benzene rings is 1. The standard InChI is InChI=1S/C33H44FN9O4S/c1-4-43-27(13-14-36-43)38-32(46)28(22-9-7-5-6-8-10-22)31(45)37-25-12-11-23(19-24(25)34)21(2)29(39-30(44)26-20-35-40-48-26)33(47)42-17-15-41(3)16-18-42/h11-14,19-22,28-29H,4-10,15-18H2,1-3H3,(H,37,45)(H,38,46)(H,39,44)/t21-,28-,29+/m0/s1. The van der Waals surface area contributed by atoms with E-state index in [9.17, 15) is 19.2 Å². The summed E-state index contributed by atoms with van der Waals surface area (Å²) in [4.78, 5) is 58.3. The molecule has 48 heavy (non-hydrogen) atoms. The van der Waals surface area contributed by atoms with Gasteiger partial charge in [-0.1, -0.05) is 43.2 Å². The molecule has 3 aromatic rings. The fraction of sp³-hybridized carbons (Fsp3) is 0.545. The molecule has 0 spiro atoms. The zero-order valence-electron chi connectivity index (χ0n) is 27.7. The second kappa shape index (κ2) is 16.2. The summed E-state index contributed by atoms with van der Waals surface area (Å²) in [5.74, 6) is -3.81. The van der Waals surface area contributed by atoms with Gasteiger partial charge in [0.1, 0.15) is 28.5 Å². The van der Waals surface area contributed by atoms with Crippen molar-refractivity contribution < 1.29 is 23.6 Å². The quantitative estimate of drug-likeness (QED) is 0.204. The summed E-state index contributed by atoms with van der Waals surface area (Å²) in [6.07, 6.45) is 8.29. The molecule has 3 N–H and O–H groups in total. The molecule has 2 aliphatic rings. The maximum atomic E-state index is 15.8. The third kappa shape index (κ3) is 8.42. The predicted octanol–water partition coefficient (Wildman–Crippen LogP) is 3.73. The minimum absolute atomic E-state index is 0.0670. The number of nitrogens with one attached hydrogen (secondary N) is 3. The van der Waals surface area contributed by atoms with Crippen LogP contribution in [0.5, 0.6) is 0 Å². The third-order valence-corrected chi connectivity index (χ3v) is 10.1. The number of piperazine rings is 1. The molecule has 1 aliphatic carbocycles. The van der Waals surface area contributed by atoms with E-state index in [4.69, 9.17) is 0 Å². The average molecular weight is 682 g/mol. The van der Waals surface area contributed by atoms with E-state index < -0.39 is 41.4 Å². The van der Waals surface area contributed by atoms with Crippen LogP contribution < -0.4 is 16.0 Å². The minimum Gasteiger partial charge on any atom is -0.339 e. The number of hydrogen-bond donors (Lipinski definition) is 3. The van der Waals surface area contributed by atoms with Crippen LogP contribution >= 0.6 is 11.5 Å². The Hall–Kier alpha value is -4.24. The van der Waals surface area contributed by atoms with E-state index in [2.05, 4.69) is 35.5 Å². The highest BCUT2D eigenvalue weighted by atomic mass is 32.1. The molecule has 1 aliphatic heterocycles. The number of anilines is 2. The lowest BCUT2D eigenvalue weighted by Gasteiger charge is -2.36. The Bertz CT molecular complexity index is 1570. The Labute approximate surface area is 283 Å². The second-order valence-electron chi connectivity index (χ2n) is 12.6. The highest BCUT2D eigenvalue weighted by molar-refractivity contribution is 7.07. The molecule has 2 fully saturated rings. The third-order valence-electron chi connectivity index (χ3n) is 9.43. The van der Waals surface area contributed by atoms with Gasteiger partial charge in [0.15, 0.2) is 0 Å². The normalized spacial score (nSPS) is 18.0. The smallest absolute Gasteiger partial charge is 0.265 e. The van der Waals surface area contributed by atoms with E-state index in [0.29, 0.717) is 44.1 Å². The number of carbonyl (C=O) groups is 4. The number of rotatable bonds is 11. The Morgan fingerprint density at radius 1 is 1.00 bits per heavy atom. The molecule has 1 saturated heterocycles. The lowest BCUT2D eigenvalue weighted by molar-refractivity contribution is -0.135. The Morgan fingerprint density at radius 2 is 1.71 bits per heavy atom. The molecular weight excluding hydrogens is 637 g/mol. The molecule has 0 unspecified atom stereocenters. The summed E-state index contributed by atoms with van der Waals surface area (Å²) in [5, 5.41) is 16.3. The maximum absolute atomic E-state index is 15.8. The number of aryl methyl sites for hydroxylation is 1. The second-order valence-corrected chi connectivity index (χ2v) is 13.4. The van der Waals surface area contributed by atoms with Crippen LogP contribution in [0.2, 0.25) is 0 Å². The highest BCUT2D eigenvalue weighted by Crippen LogP contribution is 2.32. The van der Waals surface area contributed by atoms with Crippen molar-refractivity contribution in [2.75, 3.05) is 43.9 Å². The number of nitrogens with zero attached hydrogens (tertiary/aromatic N) is 6. The molecule has 15 heteroatoms. The van der Waals surface area contributed by atoms with Crippen molar-refractivity contribution in [1.82, 2.24) is 34.5 Å². The Kier molecular flexibility index (Phi) is 11.9. The molecule has 5 rings (SSSR count). The molecular formula is C33H44FN9O4S. The number of amides is 4. The van der Waals surface area contributed by atoms with Crippen molar-refractivity contribution in [3.8, 4) is 0 Å². The van der Waals surface area contributed by atoms with Crippen LogP contribution in [0.15, 0.2) is 36.7 Å². The number of halogens is 1. The first-order valence-corrected chi connectivity index (χ1v) is 17.4. The summed E-state index contributed by atoms with van der Waals surface area (Å²) >= 11 is 0.919. The molecule has 3 heterocycles. The fourth-order valence-electron chi connectivity index (χ4n) is 6.51. The van der Waals surface area contributed by atoms with Crippen LogP contribution in [-0.2, 0) is 20.9 Å². The monoisotopic (exact) mass is 681 g/mol. The van der Waals surface area contributed by atoms with Crippen molar-refractivity contribution in [2.45, 2.75) is 70.9 Å². The highest BCUT2D eigenvalue weighted by Gasteiger charge is 2.37. The molecule has 13 nitrogen and oxygen atoms in total. The summed E-state index contributed by atoms with van der Waals surface area (Å²) in [6.45, 7) is 6.62. The van der Waals surface area contributed by atoms with Gasteiger partial charge in [0.05, 0.1) is 18.1 Å². The molecule has 2 aromatic heterocycles. The summed E-state index contributed by atoms with van der Waals surface area (Å²) in [7, 11) is 1.98. The van der Waals surface area contributed by atoms with Gasteiger partial charge >= 0.3 is 0 Å². The van der Waals surface area contributed by atoms with Gasteiger partial charge in [0.25, 0.3) is 5.91 Å². The zero-order chi connectivity index (χ0) is 34.2. The van der Waals surface area contributed by atoms with E-state index in [1.807, 2.05) is 14.0 Å². The number of likely N-dealkylation sites (N-methyl/N-ethyl adjacent to an activating group) is 1. The van der Waals surface area contributed by atoms with Gasteiger partial charge in [-0.2, -0.15) is 5.10 Å². The van der Waals surface area contributed by atoms with Crippen LogP contribution in [0.3, 0.4) is 0 Å². The number of carbonyl (C=O) groups excluding carboxylic acids is 4. The van der Waals surface area contributed by atoms with Gasteiger partial charge in [0, 0.05) is 44.7 Å².